The zero-order valence-electron chi connectivity index (χ0n) is 7.97. The summed E-state index contributed by atoms with van der Waals surface area (Å²) >= 11 is 2.54. The minimum atomic E-state index is -0.751. The third-order valence-corrected chi connectivity index (χ3v) is 4.78. The molecule has 1 aromatic rings. The first-order chi connectivity index (χ1) is 7.12. The van der Waals surface area contributed by atoms with Crippen molar-refractivity contribution in [2.24, 2.45) is 0 Å². The number of hydrogen-bond acceptors (Lipinski definition) is 6. The van der Waals surface area contributed by atoms with Crippen molar-refractivity contribution < 1.29 is 9.90 Å². The number of rotatable bonds is 3. The normalized spacial score (nSPS) is 19.2. The van der Waals surface area contributed by atoms with Gasteiger partial charge in [0.05, 0.1) is 0 Å². The fraction of sp³-hybridized carbons (Fsp3) is 0.625. The van der Waals surface area contributed by atoms with Crippen molar-refractivity contribution >= 4 is 34.2 Å². The number of hydrogen-bond donors (Lipinski definition) is 2. The van der Waals surface area contributed by atoms with Crippen molar-refractivity contribution in [1.82, 2.24) is 10.2 Å². The van der Waals surface area contributed by atoms with Crippen LogP contribution >= 0.6 is 23.1 Å². The first kappa shape index (κ1) is 10.7. The maximum Gasteiger partial charge on any atom is 0.320 e. The van der Waals surface area contributed by atoms with Crippen molar-refractivity contribution in [2.45, 2.75) is 34.8 Å². The number of anilines is 1. The van der Waals surface area contributed by atoms with Gasteiger partial charge < -0.3 is 10.8 Å². The second-order valence-electron chi connectivity index (χ2n) is 3.51. The van der Waals surface area contributed by atoms with Gasteiger partial charge in [0.15, 0.2) is 4.34 Å². The molecule has 82 valence electrons. The first-order valence-corrected chi connectivity index (χ1v) is 6.27. The lowest BCUT2D eigenvalue weighted by Gasteiger charge is -2.20. The number of aromatic nitrogens is 2. The molecule has 0 amide bonds. The molecule has 1 heterocycles. The van der Waals surface area contributed by atoms with Crippen LogP contribution in [-0.2, 0) is 4.79 Å². The summed E-state index contributed by atoms with van der Waals surface area (Å²) in [7, 11) is 0. The van der Waals surface area contributed by atoms with Gasteiger partial charge in [0.1, 0.15) is 4.75 Å². The summed E-state index contributed by atoms with van der Waals surface area (Å²) < 4.78 is -0.0526. The lowest BCUT2D eigenvalue weighted by molar-refractivity contribution is -0.139. The standard InChI is InChI=1S/C8H11N3O2S2/c9-6-10-11-7(14-6)15-8(5(12)13)3-1-2-4-8/h1-4H2,(H2,9,10)(H,12,13). The molecule has 0 aromatic carbocycles. The summed E-state index contributed by atoms with van der Waals surface area (Å²) in [6, 6.07) is 0. The van der Waals surface area contributed by atoms with Crippen molar-refractivity contribution in [2.75, 3.05) is 5.73 Å². The number of carboxylic acid groups (broad SMARTS) is 1. The van der Waals surface area contributed by atoms with E-state index in [2.05, 4.69) is 10.2 Å². The second kappa shape index (κ2) is 3.97. The molecule has 1 saturated carbocycles. The van der Waals surface area contributed by atoms with Crippen LogP contribution in [0.4, 0.5) is 5.13 Å². The van der Waals surface area contributed by atoms with Crippen LogP contribution in [0.1, 0.15) is 25.7 Å². The first-order valence-electron chi connectivity index (χ1n) is 4.64. The van der Waals surface area contributed by atoms with E-state index in [0.29, 0.717) is 22.3 Å². The average Bonchev–Trinajstić information content (AvgIpc) is 2.77. The Morgan fingerprint density at radius 2 is 2.13 bits per heavy atom. The fourth-order valence-electron chi connectivity index (χ4n) is 1.73. The van der Waals surface area contributed by atoms with E-state index >= 15 is 0 Å². The largest absolute Gasteiger partial charge is 0.480 e. The maximum atomic E-state index is 11.2. The zero-order valence-corrected chi connectivity index (χ0v) is 9.61. The Balaban J connectivity index is 2.17. The summed E-state index contributed by atoms with van der Waals surface area (Å²) in [5.74, 6) is -0.751. The van der Waals surface area contributed by atoms with Crippen LogP contribution < -0.4 is 5.73 Å². The lowest BCUT2D eigenvalue weighted by atomic mass is 10.1. The number of thioether (sulfide) groups is 1. The maximum absolute atomic E-state index is 11.2. The number of carbonyl (C=O) groups is 1. The summed E-state index contributed by atoms with van der Waals surface area (Å²) in [6.07, 6.45) is 3.33. The molecule has 5 nitrogen and oxygen atoms in total. The van der Waals surface area contributed by atoms with Gasteiger partial charge in [-0.2, -0.15) is 0 Å². The molecule has 0 saturated heterocycles. The Morgan fingerprint density at radius 3 is 2.60 bits per heavy atom. The topological polar surface area (TPSA) is 89.1 Å². The fourth-order valence-corrected chi connectivity index (χ4v) is 3.97. The third-order valence-electron chi connectivity index (χ3n) is 2.51. The van der Waals surface area contributed by atoms with Gasteiger partial charge in [-0.25, -0.2) is 0 Å². The van der Waals surface area contributed by atoms with Crippen LogP contribution in [0.2, 0.25) is 0 Å². The molecule has 1 aromatic heterocycles. The molecule has 1 aliphatic carbocycles. The van der Waals surface area contributed by atoms with Gasteiger partial charge in [-0.3, -0.25) is 4.79 Å². The molecule has 15 heavy (non-hydrogen) atoms. The van der Waals surface area contributed by atoms with Gasteiger partial charge >= 0.3 is 5.97 Å². The van der Waals surface area contributed by atoms with E-state index < -0.39 is 10.7 Å². The Bertz CT molecular complexity index is 374. The molecule has 0 unspecified atom stereocenters. The molecule has 0 spiro atoms. The van der Waals surface area contributed by atoms with Crippen molar-refractivity contribution in [3.63, 3.8) is 0 Å². The molecule has 0 aliphatic heterocycles. The molecule has 1 fully saturated rings. The minimum Gasteiger partial charge on any atom is -0.480 e. The molecule has 3 N–H and O–H groups in total. The molecule has 7 heteroatoms. The number of nitrogen functional groups attached to an aromatic ring is 1. The summed E-state index contributed by atoms with van der Waals surface area (Å²) in [4.78, 5) is 11.2. The molecule has 1 aliphatic rings. The van der Waals surface area contributed by atoms with Crippen LogP contribution in [0.3, 0.4) is 0 Å². The van der Waals surface area contributed by atoms with Crippen molar-refractivity contribution in [1.29, 1.82) is 0 Å². The van der Waals surface area contributed by atoms with E-state index in [1.807, 2.05) is 0 Å². The van der Waals surface area contributed by atoms with Crippen LogP contribution in [0.15, 0.2) is 4.34 Å². The highest BCUT2D eigenvalue weighted by Gasteiger charge is 2.43. The van der Waals surface area contributed by atoms with Gasteiger partial charge in [0.25, 0.3) is 0 Å². The Labute approximate surface area is 95.1 Å². The van der Waals surface area contributed by atoms with E-state index in [1.54, 1.807) is 0 Å². The van der Waals surface area contributed by atoms with Crippen LogP contribution in [-0.4, -0.2) is 26.0 Å². The van der Waals surface area contributed by atoms with E-state index in [0.717, 1.165) is 12.8 Å². The molecular weight excluding hydrogens is 234 g/mol. The number of nitrogens with two attached hydrogens (primary N) is 1. The Hall–Kier alpha value is -0.820. The third kappa shape index (κ3) is 2.07. The second-order valence-corrected chi connectivity index (χ2v) is 6.15. The molecule has 0 atom stereocenters. The molecular formula is C8H11N3O2S2. The summed E-state index contributed by atoms with van der Waals surface area (Å²) in [5.41, 5.74) is 5.46. The van der Waals surface area contributed by atoms with E-state index in [-0.39, 0.29) is 0 Å². The summed E-state index contributed by atoms with van der Waals surface area (Å²) in [5, 5.41) is 17.2. The van der Waals surface area contributed by atoms with Gasteiger partial charge in [0.2, 0.25) is 5.13 Å². The highest BCUT2D eigenvalue weighted by atomic mass is 32.2. The molecule has 0 radical (unpaired) electrons. The number of aliphatic carboxylic acids is 1. The Kier molecular flexibility index (Phi) is 2.83. The van der Waals surface area contributed by atoms with Gasteiger partial charge in [0, 0.05) is 0 Å². The van der Waals surface area contributed by atoms with Crippen LogP contribution in [0.5, 0.6) is 0 Å². The number of nitrogens with zero attached hydrogens (tertiary/aromatic N) is 2. The van der Waals surface area contributed by atoms with E-state index in [1.165, 1.54) is 23.1 Å². The van der Waals surface area contributed by atoms with Gasteiger partial charge in [-0.15, -0.1) is 10.2 Å². The van der Waals surface area contributed by atoms with Crippen LogP contribution in [0, 0.1) is 0 Å². The van der Waals surface area contributed by atoms with E-state index in [9.17, 15) is 9.90 Å². The van der Waals surface area contributed by atoms with Gasteiger partial charge in [-0.1, -0.05) is 35.9 Å². The van der Waals surface area contributed by atoms with Gasteiger partial charge in [-0.05, 0) is 12.8 Å². The predicted molar refractivity (Wildman–Crippen MR) is 59.0 cm³/mol. The Morgan fingerprint density at radius 1 is 1.47 bits per heavy atom. The highest BCUT2D eigenvalue weighted by Crippen LogP contribution is 2.46. The van der Waals surface area contributed by atoms with Crippen molar-refractivity contribution in [3.05, 3.63) is 0 Å². The highest BCUT2D eigenvalue weighted by molar-refractivity contribution is 8.03. The van der Waals surface area contributed by atoms with Crippen molar-refractivity contribution in [3.8, 4) is 0 Å². The minimum absolute atomic E-state index is 0.385. The average molecular weight is 245 g/mol. The SMILES string of the molecule is Nc1nnc(SC2(C(=O)O)CCCC2)s1. The quantitative estimate of drug-likeness (QED) is 0.841. The summed E-state index contributed by atoms with van der Waals surface area (Å²) in [6.45, 7) is 0. The zero-order chi connectivity index (χ0) is 10.9. The number of carboxylic acids is 1. The smallest absolute Gasteiger partial charge is 0.320 e. The molecule has 2 rings (SSSR count). The van der Waals surface area contributed by atoms with E-state index in [4.69, 9.17) is 5.73 Å². The molecule has 0 bridgehead atoms. The monoisotopic (exact) mass is 245 g/mol. The van der Waals surface area contributed by atoms with Crippen LogP contribution in [0.25, 0.3) is 0 Å². The predicted octanol–water partition coefficient (Wildman–Crippen LogP) is 1.61. The lowest BCUT2D eigenvalue weighted by Crippen LogP contribution is -2.31.